The smallest absolute Gasteiger partial charge is 0.327 e. The second-order valence-corrected chi connectivity index (χ2v) is 4.92. The number of amides is 6. The number of carbonyl (C=O) groups is 6. The molecule has 0 radical (unpaired) electrons. The Morgan fingerprint density at radius 2 is 1.48 bits per heavy atom. The van der Waals surface area contributed by atoms with Crippen molar-refractivity contribution in [1.82, 2.24) is 20.9 Å². The van der Waals surface area contributed by atoms with Gasteiger partial charge in [0.05, 0.1) is 12.1 Å². The number of hydrogen-bond acceptors (Lipinski definition) is 7. The van der Waals surface area contributed by atoms with E-state index < -0.39 is 47.7 Å². The molecule has 0 bridgehead atoms. The summed E-state index contributed by atoms with van der Waals surface area (Å²) in [6.07, 6.45) is 0.949. The molecule has 2 rings (SSSR count). The first-order chi connectivity index (χ1) is 11.6. The van der Waals surface area contributed by atoms with Gasteiger partial charge in [0.2, 0.25) is 0 Å². The molecule has 0 atom stereocenters. The number of aliphatic hydroxyl groups excluding tert-OH is 1. The molecule has 2 heterocycles. The number of nitrogens with one attached hydrogen (secondary N) is 2. The highest BCUT2D eigenvalue weighted by atomic mass is 16.3. The van der Waals surface area contributed by atoms with Gasteiger partial charge in [-0.2, -0.15) is 0 Å². The normalized spacial score (nSPS) is 16.9. The number of carbonyl (C=O) groups excluding carboxylic acids is 6. The molecule has 0 saturated carbocycles. The molecule has 13 nitrogen and oxygen atoms in total. The number of hydrogen-bond donors (Lipinski definition) is 5. The van der Waals surface area contributed by atoms with Crippen molar-refractivity contribution in [3.63, 3.8) is 0 Å². The number of hydrazine groups is 2. The van der Waals surface area contributed by atoms with E-state index in [4.69, 9.17) is 11.5 Å². The van der Waals surface area contributed by atoms with Gasteiger partial charge < -0.3 is 16.6 Å². The number of nitrogens with two attached hydrogens (primary N) is 2. The lowest BCUT2D eigenvalue weighted by molar-refractivity contribution is -0.144. The summed E-state index contributed by atoms with van der Waals surface area (Å²) in [7, 11) is 0. The summed E-state index contributed by atoms with van der Waals surface area (Å²) in [5, 5.41) is 11.2. The van der Waals surface area contributed by atoms with E-state index in [2.05, 4.69) is 0 Å². The minimum Gasteiger partial charge on any atom is -0.509 e. The highest BCUT2D eigenvalue weighted by Gasteiger charge is 2.38. The van der Waals surface area contributed by atoms with E-state index in [1.165, 1.54) is 0 Å². The number of aliphatic hydroxyl groups is 1. The Kier molecular flexibility index (Phi) is 4.40. The molecule has 0 aromatic carbocycles. The third-order valence-corrected chi connectivity index (χ3v) is 3.19. The van der Waals surface area contributed by atoms with E-state index in [0.717, 1.165) is 6.08 Å². The topological polar surface area (TPSA) is 205 Å². The predicted octanol–water partition coefficient (Wildman–Crippen LogP) is -4.56. The molecule has 0 saturated heterocycles. The van der Waals surface area contributed by atoms with Crippen molar-refractivity contribution >= 4 is 35.4 Å². The molecule has 0 aromatic rings. The molecule has 132 valence electrons. The molecule has 7 N–H and O–H groups in total. The van der Waals surface area contributed by atoms with Gasteiger partial charge in [0.1, 0.15) is 12.3 Å². The quantitative estimate of drug-likeness (QED) is 0.314. The molecular weight excluding hydrogens is 340 g/mol. The highest BCUT2D eigenvalue weighted by molar-refractivity contribution is 6.35. The zero-order valence-electron chi connectivity index (χ0n) is 12.4. The molecule has 6 amide bonds. The second kappa shape index (κ2) is 6.31. The maximum absolute atomic E-state index is 12.2. The Hall–Kier alpha value is -3.90. The molecule has 0 aliphatic carbocycles. The molecule has 2 aliphatic heterocycles. The highest BCUT2D eigenvalue weighted by Crippen LogP contribution is 2.26. The average molecular weight is 352 g/mol. The van der Waals surface area contributed by atoms with Crippen molar-refractivity contribution in [3.8, 4) is 0 Å². The molecule has 0 unspecified atom stereocenters. The van der Waals surface area contributed by atoms with Crippen molar-refractivity contribution in [2.75, 3.05) is 13.1 Å². The fourth-order valence-corrected chi connectivity index (χ4v) is 2.09. The van der Waals surface area contributed by atoms with Gasteiger partial charge in [0.15, 0.2) is 0 Å². The fraction of sp³-hybridized carbons (Fsp3) is 0.167. The third kappa shape index (κ3) is 3.39. The maximum atomic E-state index is 12.2. The Balaban J connectivity index is 2.11. The summed E-state index contributed by atoms with van der Waals surface area (Å²) in [4.78, 5) is 67.8. The van der Waals surface area contributed by atoms with Crippen LogP contribution in [0.5, 0.6) is 0 Å². The van der Waals surface area contributed by atoms with Gasteiger partial charge in [0.25, 0.3) is 11.8 Å². The first kappa shape index (κ1) is 17.5. The summed E-state index contributed by atoms with van der Waals surface area (Å²) in [6, 6.07) is 0. The number of rotatable bonds is 3. The Bertz CT molecular complexity index is 783. The zero-order valence-corrected chi connectivity index (χ0v) is 12.4. The van der Waals surface area contributed by atoms with Crippen LogP contribution in [-0.4, -0.2) is 63.7 Å². The summed E-state index contributed by atoms with van der Waals surface area (Å²) >= 11 is 0. The van der Waals surface area contributed by atoms with Crippen molar-refractivity contribution in [2.24, 2.45) is 11.5 Å². The van der Waals surface area contributed by atoms with E-state index >= 15 is 0 Å². The van der Waals surface area contributed by atoms with Crippen LogP contribution in [-0.2, 0) is 28.8 Å². The van der Waals surface area contributed by atoms with Crippen molar-refractivity contribution in [2.45, 2.75) is 0 Å². The Labute approximate surface area is 138 Å². The van der Waals surface area contributed by atoms with Crippen LogP contribution in [0.25, 0.3) is 0 Å². The van der Waals surface area contributed by atoms with Crippen LogP contribution in [0, 0.1) is 0 Å². The van der Waals surface area contributed by atoms with Crippen LogP contribution in [0.2, 0.25) is 0 Å². The van der Waals surface area contributed by atoms with E-state index in [0.29, 0.717) is 10.0 Å². The second-order valence-electron chi connectivity index (χ2n) is 4.92. The van der Waals surface area contributed by atoms with Crippen LogP contribution in [0.3, 0.4) is 0 Å². The minimum atomic E-state index is -1.34. The van der Waals surface area contributed by atoms with Gasteiger partial charge >= 0.3 is 23.6 Å². The van der Waals surface area contributed by atoms with E-state index in [-0.39, 0.29) is 17.7 Å². The monoisotopic (exact) mass is 352 g/mol. The average Bonchev–Trinajstić information content (AvgIpc) is 2.99. The van der Waals surface area contributed by atoms with Crippen molar-refractivity contribution in [1.29, 1.82) is 0 Å². The fourth-order valence-electron chi connectivity index (χ4n) is 2.09. The number of nitrogens with zero attached hydrogens (tertiary/aromatic N) is 2. The van der Waals surface area contributed by atoms with Crippen LogP contribution in [0.1, 0.15) is 0 Å². The SMILES string of the molecule is NC(=O)C(=O)NN1CC(C2=C(O)CN(NC(=O)C(N)=O)C2=O)=CC1=O. The Morgan fingerprint density at radius 1 is 0.960 bits per heavy atom. The lowest BCUT2D eigenvalue weighted by atomic mass is 10.1. The lowest BCUT2D eigenvalue weighted by Crippen LogP contribution is -2.49. The maximum Gasteiger partial charge on any atom is 0.327 e. The van der Waals surface area contributed by atoms with Gasteiger partial charge in [-0.25, -0.2) is 10.0 Å². The zero-order chi connectivity index (χ0) is 18.9. The molecule has 2 aliphatic rings. The van der Waals surface area contributed by atoms with Crippen LogP contribution in [0.4, 0.5) is 0 Å². The lowest BCUT2D eigenvalue weighted by Gasteiger charge is -2.17. The summed E-state index contributed by atoms with van der Waals surface area (Å²) in [5.41, 5.74) is 13.1. The van der Waals surface area contributed by atoms with Gasteiger partial charge in [-0.1, -0.05) is 0 Å². The molecule has 0 spiro atoms. The Morgan fingerprint density at radius 3 is 2.00 bits per heavy atom. The molecule has 13 heteroatoms. The molecule has 25 heavy (non-hydrogen) atoms. The van der Waals surface area contributed by atoms with Crippen LogP contribution in [0.15, 0.2) is 23.0 Å². The minimum absolute atomic E-state index is 0.0214. The van der Waals surface area contributed by atoms with E-state index in [9.17, 15) is 33.9 Å². The van der Waals surface area contributed by atoms with Gasteiger partial charge in [-0.3, -0.25) is 39.6 Å². The first-order valence-electron chi connectivity index (χ1n) is 6.59. The van der Waals surface area contributed by atoms with Gasteiger partial charge in [0, 0.05) is 6.08 Å². The molecular formula is C12H12N6O7. The first-order valence-corrected chi connectivity index (χ1v) is 6.59. The summed E-state index contributed by atoms with van der Waals surface area (Å²) < 4.78 is 0. The largest absolute Gasteiger partial charge is 0.509 e. The van der Waals surface area contributed by atoms with Crippen molar-refractivity contribution < 1.29 is 33.9 Å². The predicted molar refractivity (Wildman–Crippen MR) is 75.8 cm³/mol. The van der Waals surface area contributed by atoms with Gasteiger partial charge in [-0.15, -0.1) is 0 Å². The molecule has 0 fully saturated rings. The summed E-state index contributed by atoms with van der Waals surface area (Å²) in [6.45, 7) is -0.785. The molecule has 0 aromatic heterocycles. The van der Waals surface area contributed by atoms with Crippen LogP contribution >= 0.6 is 0 Å². The van der Waals surface area contributed by atoms with Crippen molar-refractivity contribution in [3.05, 3.63) is 23.0 Å². The van der Waals surface area contributed by atoms with E-state index in [1.807, 2.05) is 10.9 Å². The number of primary amides is 2. The summed E-state index contributed by atoms with van der Waals surface area (Å²) in [5.74, 6) is -7.30. The van der Waals surface area contributed by atoms with E-state index in [1.54, 1.807) is 0 Å². The third-order valence-electron chi connectivity index (χ3n) is 3.19. The van der Waals surface area contributed by atoms with Gasteiger partial charge in [-0.05, 0) is 5.57 Å². The van der Waals surface area contributed by atoms with Crippen LogP contribution < -0.4 is 22.3 Å². The standard InChI is InChI=1S/C12H12N6O7/c13-8(21)10(23)15-17-2-4(1-6(17)20)7-5(19)3-18(12(7)25)16-11(24)9(14)22/h1,19H,2-3H2,(H2,13,21)(H2,14,22)(H,15,23)(H,16,24).